The lowest BCUT2D eigenvalue weighted by atomic mass is 10.4. The number of hydrogen-bond acceptors (Lipinski definition) is 4. The van der Waals surface area contributed by atoms with Gasteiger partial charge in [0.1, 0.15) is 12.2 Å². The van der Waals surface area contributed by atoms with E-state index in [0.717, 1.165) is 0 Å². The first-order valence-electron chi connectivity index (χ1n) is 4.70. The summed E-state index contributed by atoms with van der Waals surface area (Å²) in [5.74, 6) is -1.36. The smallest absolute Gasteiger partial charge is 0.325 e. The minimum atomic E-state index is -1.00. The van der Waals surface area contributed by atoms with Gasteiger partial charge in [-0.2, -0.15) is 10.2 Å². The van der Waals surface area contributed by atoms with Gasteiger partial charge in [-0.3, -0.25) is 19.4 Å². The molecule has 2 heterocycles. The van der Waals surface area contributed by atoms with E-state index in [9.17, 15) is 9.59 Å². The van der Waals surface area contributed by atoms with Gasteiger partial charge >= 0.3 is 5.97 Å². The Labute approximate surface area is 95.3 Å². The number of anilines is 1. The highest BCUT2D eigenvalue weighted by atomic mass is 16.4. The molecule has 0 unspecified atom stereocenters. The molecule has 0 saturated carbocycles. The summed E-state index contributed by atoms with van der Waals surface area (Å²) in [4.78, 5) is 22.0. The average molecular weight is 235 g/mol. The monoisotopic (exact) mass is 235 g/mol. The molecule has 0 atom stereocenters. The number of carbonyl (C=O) groups excluding carboxylic acids is 1. The summed E-state index contributed by atoms with van der Waals surface area (Å²) in [5, 5.41) is 21.0. The Hall–Kier alpha value is -2.64. The first-order valence-corrected chi connectivity index (χ1v) is 4.70. The Morgan fingerprint density at radius 2 is 2.35 bits per heavy atom. The van der Waals surface area contributed by atoms with Crippen LogP contribution >= 0.6 is 0 Å². The van der Waals surface area contributed by atoms with E-state index in [0.29, 0.717) is 11.4 Å². The molecule has 2 rings (SSSR count). The fraction of sp³-hybridized carbons (Fsp3) is 0.111. The van der Waals surface area contributed by atoms with Gasteiger partial charge in [0.25, 0.3) is 5.91 Å². The highest BCUT2D eigenvalue weighted by Crippen LogP contribution is 2.06. The minimum absolute atomic E-state index is 0.250. The summed E-state index contributed by atoms with van der Waals surface area (Å²) < 4.78 is 1.21. The highest BCUT2D eigenvalue weighted by molar-refractivity contribution is 6.02. The average Bonchev–Trinajstić information content (AvgIpc) is 2.87. The second kappa shape index (κ2) is 4.47. The molecule has 0 saturated heterocycles. The quantitative estimate of drug-likeness (QED) is 0.687. The number of carbonyl (C=O) groups is 2. The lowest BCUT2D eigenvalue weighted by Gasteiger charge is -1.98. The third-order valence-corrected chi connectivity index (χ3v) is 1.93. The van der Waals surface area contributed by atoms with Gasteiger partial charge < -0.3 is 10.4 Å². The van der Waals surface area contributed by atoms with Crippen molar-refractivity contribution in [3.8, 4) is 0 Å². The van der Waals surface area contributed by atoms with Gasteiger partial charge in [0.15, 0.2) is 0 Å². The summed E-state index contributed by atoms with van der Waals surface area (Å²) in [7, 11) is 0. The first-order chi connectivity index (χ1) is 8.15. The maximum Gasteiger partial charge on any atom is 0.325 e. The molecule has 8 heteroatoms. The lowest BCUT2D eigenvalue weighted by Crippen LogP contribution is -2.12. The molecule has 2 aromatic heterocycles. The number of nitrogens with zero attached hydrogens (tertiary/aromatic N) is 3. The number of H-pyrrole nitrogens is 1. The fourth-order valence-electron chi connectivity index (χ4n) is 1.23. The van der Waals surface area contributed by atoms with E-state index < -0.39 is 5.97 Å². The van der Waals surface area contributed by atoms with E-state index in [1.807, 2.05) is 0 Å². The van der Waals surface area contributed by atoms with E-state index in [2.05, 4.69) is 20.6 Å². The zero-order chi connectivity index (χ0) is 12.3. The van der Waals surface area contributed by atoms with Gasteiger partial charge in [0, 0.05) is 12.4 Å². The Morgan fingerprint density at radius 1 is 1.53 bits per heavy atom. The molecule has 0 fully saturated rings. The standard InChI is InChI=1S/C9H9N5O3/c15-8(16)5-14-4-6(3-11-14)12-9(17)7-1-2-10-13-7/h1-4H,5H2,(H,10,13)(H,12,17)(H,15,16). The third-order valence-electron chi connectivity index (χ3n) is 1.93. The van der Waals surface area contributed by atoms with Crippen molar-refractivity contribution in [1.82, 2.24) is 20.0 Å². The number of aromatic nitrogens is 4. The number of hydrogen-bond donors (Lipinski definition) is 3. The van der Waals surface area contributed by atoms with Gasteiger partial charge in [-0.15, -0.1) is 0 Å². The molecule has 0 aliphatic carbocycles. The predicted molar refractivity (Wildman–Crippen MR) is 56.4 cm³/mol. The van der Waals surface area contributed by atoms with Gasteiger partial charge in [-0.1, -0.05) is 0 Å². The molecule has 0 aliphatic rings. The number of carboxylic acid groups (broad SMARTS) is 1. The van der Waals surface area contributed by atoms with Crippen LogP contribution in [0.1, 0.15) is 10.5 Å². The van der Waals surface area contributed by atoms with Crippen LogP contribution in [0.2, 0.25) is 0 Å². The van der Waals surface area contributed by atoms with E-state index >= 15 is 0 Å². The molecule has 0 radical (unpaired) electrons. The minimum Gasteiger partial charge on any atom is -0.480 e. The van der Waals surface area contributed by atoms with Crippen molar-refractivity contribution in [2.75, 3.05) is 5.32 Å². The summed E-state index contributed by atoms with van der Waals surface area (Å²) in [6, 6.07) is 1.52. The number of rotatable bonds is 4. The first kappa shape index (κ1) is 10.9. The second-order valence-electron chi connectivity index (χ2n) is 3.24. The largest absolute Gasteiger partial charge is 0.480 e. The van der Waals surface area contributed by atoms with Crippen LogP contribution in [0.25, 0.3) is 0 Å². The topological polar surface area (TPSA) is 113 Å². The van der Waals surface area contributed by atoms with Crippen LogP contribution in [0.4, 0.5) is 5.69 Å². The SMILES string of the molecule is O=C(O)Cn1cc(NC(=O)c2ccn[nH]2)cn1. The van der Waals surface area contributed by atoms with Gasteiger partial charge in [-0.05, 0) is 6.07 Å². The molecule has 0 aromatic carbocycles. The van der Waals surface area contributed by atoms with E-state index in [1.54, 1.807) is 0 Å². The summed E-state index contributed by atoms with van der Waals surface area (Å²) in [6.07, 6.45) is 4.27. The molecular formula is C9H9N5O3. The number of aliphatic carboxylic acids is 1. The van der Waals surface area contributed by atoms with Crippen LogP contribution in [0.5, 0.6) is 0 Å². The number of amides is 1. The summed E-state index contributed by atoms with van der Waals surface area (Å²) in [5.41, 5.74) is 0.738. The summed E-state index contributed by atoms with van der Waals surface area (Å²) in [6.45, 7) is -0.250. The van der Waals surface area contributed by atoms with Crippen molar-refractivity contribution in [1.29, 1.82) is 0 Å². The van der Waals surface area contributed by atoms with Gasteiger partial charge in [0.05, 0.1) is 11.9 Å². The molecule has 88 valence electrons. The Kier molecular flexibility index (Phi) is 2.86. The maximum absolute atomic E-state index is 11.6. The van der Waals surface area contributed by atoms with E-state index in [-0.39, 0.29) is 12.5 Å². The van der Waals surface area contributed by atoms with Crippen molar-refractivity contribution >= 4 is 17.6 Å². The van der Waals surface area contributed by atoms with Crippen molar-refractivity contribution in [3.05, 3.63) is 30.4 Å². The number of carboxylic acids is 1. The zero-order valence-corrected chi connectivity index (χ0v) is 8.62. The summed E-state index contributed by atoms with van der Waals surface area (Å²) >= 11 is 0. The van der Waals surface area contributed by atoms with Gasteiger partial charge in [-0.25, -0.2) is 0 Å². The predicted octanol–water partition coefficient (Wildman–Crippen LogP) is -0.0569. The molecule has 2 aromatic rings. The molecule has 1 amide bonds. The van der Waals surface area contributed by atoms with Gasteiger partial charge in [0.2, 0.25) is 0 Å². The Bertz CT molecular complexity index is 531. The van der Waals surface area contributed by atoms with E-state index in [4.69, 9.17) is 5.11 Å². The molecule has 8 nitrogen and oxygen atoms in total. The Morgan fingerprint density at radius 3 is 3.00 bits per heavy atom. The molecule has 0 aliphatic heterocycles. The van der Waals surface area contributed by atoms with Crippen molar-refractivity contribution in [2.24, 2.45) is 0 Å². The van der Waals surface area contributed by atoms with Crippen molar-refractivity contribution < 1.29 is 14.7 Å². The molecule has 3 N–H and O–H groups in total. The Balaban J connectivity index is 2.02. The highest BCUT2D eigenvalue weighted by Gasteiger charge is 2.09. The van der Waals surface area contributed by atoms with Crippen LogP contribution in [-0.2, 0) is 11.3 Å². The van der Waals surface area contributed by atoms with Crippen LogP contribution in [0.15, 0.2) is 24.7 Å². The van der Waals surface area contributed by atoms with Crippen LogP contribution < -0.4 is 5.32 Å². The number of nitrogens with one attached hydrogen (secondary N) is 2. The molecular weight excluding hydrogens is 226 g/mol. The van der Waals surface area contributed by atoms with Crippen LogP contribution in [0, 0.1) is 0 Å². The lowest BCUT2D eigenvalue weighted by molar-refractivity contribution is -0.137. The van der Waals surface area contributed by atoms with Crippen LogP contribution in [-0.4, -0.2) is 37.0 Å². The number of aromatic amines is 1. The zero-order valence-electron chi connectivity index (χ0n) is 8.62. The second-order valence-corrected chi connectivity index (χ2v) is 3.24. The molecule has 0 spiro atoms. The molecule has 17 heavy (non-hydrogen) atoms. The normalized spacial score (nSPS) is 10.1. The van der Waals surface area contributed by atoms with E-state index in [1.165, 1.54) is 29.3 Å². The fourth-order valence-corrected chi connectivity index (χ4v) is 1.23. The maximum atomic E-state index is 11.6. The molecule has 0 bridgehead atoms. The van der Waals surface area contributed by atoms with Crippen molar-refractivity contribution in [2.45, 2.75) is 6.54 Å². The van der Waals surface area contributed by atoms with Crippen LogP contribution in [0.3, 0.4) is 0 Å². The van der Waals surface area contributed by atoms with Crippen molar-refractivity contribution in [3.63, 3.8) is 0 Å². The third kappa shape index (κ3) is 2.68.